The largest absolute Gasteiger partial charge is 0.383 e. The number of amides is 1. The van der Waals surface area contributed by atoms with Crippen LogP contribution in [-0.2, 0) is 6.42 Å². The summed E-state index contributed by atoms with van der Waals surface area (Å²) in [6.07, 6.45) is 4.23. The fourth-order valence-electron chi connectivity index (χ4n) is 2.51. The minimum atomic E-state index is -0.179. The zero-order chi connectivity index (χ0) is 17.9. The fraction of sp³-hybridized carbons (Fsp3) is 0.118. The highest BCUT2D eigenvalue weighted by molar-refractivity contribution is 7.17. The molecule has 4 heterocycles. The first kappa shape index (κ1) is 16.6. The molecule has 9 heteroatoms. The van der Waals surface area contributed by atoms with Crippen molar-refractivity contribution in [3.63, 3.8) is 0 Å². The number of nitrogens with one attached hydrogen (secondary N) is 1. The summed E-state index contributed by atoms with van der Waals surface area (Å²) in [5, 5.41) is 5.26. The first-order valence-corrected chi connectivity index (χ1v) is 9.60. The maximum Gasteiger partial charge on any atom is 0.252 e. The third-order valence-electron chi connectivity index (χ3n) is 3.74. The van der Waals surface area contributed by atoms with E-state index in [1.54, 1.807) is 28.4 Å². The van der Waals surface area contributed by atoms with Crippen molar-refractivity contribution in [1.82, 2.24) is 25.3 Å². The Morgan fingerprint density at radius 3 is 2.92 bits per heavy atom. The van der Waals surface area contributed by atoms with Crippen LogP contribution in [0.25, 0.3) is 21.7 Å². The van der Waals surface area contributed by atoms with Crippen molar-refractivity contribution in [1.29, 1.82) is 0 Å². The number of fused-ring (bicyclic) bond motifs is 1. The summed E-state index contributed by atoms with van der Waals surface area (Å²) >= 11 is 2.94. The molecule has 1 amide bonds. The molecule has 0 saturated carbocycles. The van der Waals surface area contributed by atoms with Gasteiger partial charge in [0.25, 0.3) is 5.91 Å². The number of carbonyl (C=O) groups excluding carboxylic acids is 1. The zero-order valence-corrected chi connectivity index (χ0v) is 15.2. The molecule has 0 unspecified atom stereocenters. The summed E-state index contributed by atoms with van der Waals surface area (Å²) in [7, 11) is 0. The van der Waals surface area contributed by atoms with Gasteiger partial charge >= 0.3 is 0 Å². The number of thiazole rings is 1. The third-order valence-corrected chi connectivity index (χ3v) is 5.45. The molecule has 130 valence electrons. The normalized spacial score (nSPS) is 10.9. The van der Waals surface area contributed by atoms with Crippen molar-refractivity contribution in [2.75, 3.05) is 12.3 Å². The molecular weight excluding hydrogens is 368 g/mol. The molecule has 0 aliphatic rings. The SMILES string of the molecule is Nc1nc(-c2ccccn2)nc2scc(C(=O)NCCc3cncs3)c12. The van der Waals surface area contributed by atoms with Gasteiger partial charge < -0.3 is 11.1 Å². The van der Waals surface area contributed by atoms with Crippen LogP contribution in [0.1, 0.15) is 15.2 Å². The van der Waals surface area contributed by atoms with Crippen LogP contribution in [0.15, 0.2) is 41.5 Å². The number of hydrogen-bond donors (Lipinski definition) is 2. The number of hydrogen-bond acceptors (Lipinski definition) is 8. The number of nitrogens with two attached hydrogens (primary N) is 1. The molecule has 0 atom stereocenters. The highest BCUT2D eigenvalue weighted by Gasteiger charge is 2.18. The summed E-state index contributed by atoms with van der Waals surface area (Å²) < 4.78 is 0. The minimum absolute atomic E-state index is 0.179. The highest BCUT2D eigenvalue weighted by atomic mass is 32.1. The van der Waals surface area contributed by atoms with Crippen LogP contribution in [0.2, 0.25) is 0 Å². The summed E-state index contributed by atoms with van der Waals surface area (Å²) in [5.74, 6) is 0.556. The van der Waals surface area contributed by atoms with Gasteiger partial charge in [-0.3, -0.25) is 14.8 Å². The van der Waals surface area contributed by atoms with Gasteiger partial charge in [0, 0.05) is 35.6 Å². The lowest BCUT2D eigenvalue weighted by atomic mass is 10.2. The number of thiophene rings is 1. The van der Waals surface area contributed by atoms with Crippen LogP contribution in [-0.4, -0.2) is 32.4 Å². The molecule has 4 aromatic heterocycles. The van der Waals surface area contributed by atoms with Crippen LogP contribution in [0, 0.1) is 0 Å². The fourth-order valence-corrected chi connectivity index (χ4v) is 4.03. The first-order chi connectivity index (χ1) is 12.7. The van der Waals surface area contributed by atoms with E-state index < -0.39 is 0 Å². The number of carbonyl (C=O) groups is 1. The Kier molecular flexibility index (Phi) is 4.55. The van der Waals surface area contributed by atoms with Gasteiger partial charge in [0.15, 0.2) is 5.82 Å². The molecule has 3 N–H and O–H groups in total. The molecule has 0 fully saturated rings. The number of rotatable bonds is 5. The molecule has 0 spiro atoms. The Hall–Kier alpha value is -2.91. The van der Waals surface area contributed by atoms with E-state index in [4.69, 9.17) is 5.73 Å². The monoisotopic (exact) mass is 382 g/mol. The average molecular weight is 382 g/mol. The van der Waals surface area contributed by atoms with E-state index in [0.717, 1.165) is 11.3 Å². The van der Waals surface area contributed by atoms with Crippen LogP contribution in [0.3, 0.4) is 0 Å². The molecule has 0 saturated heterocycles. The van der Waals surface area contributed by atoms with Crippen molar-refractivity contribution in [2.45, 2.75) is 6.42 Å². The van der Waals surface area contributed by atoms with E-state index in [0.29, 0.717) is 33.8 Å². The second-order valence-corrected chi connectivity index (χ2v) is 7.28. The van der Waals surface area contributed by atoms with Gasteiger partial charge in [-0.2, -0.15) is 0 Å². The Morgan fingerprint density at radius 1 is 1.23 bits per heavy atom. The van der Waals surface area contributed by atoms with Crippen LogP contribution < -0.4 is 11.1 Å². The van der Waals surface area contributed by atoms with Crippen molar-refractivity contribution in [3.8, 4) is 11.5 Å². The van der Waals surface area contributed by atoms with Gasteiger partial charge in [-0.25, -0.2) is 9.97 Å². The minimum Gasteiger partial charge on any atom is -0.383 e. The number of nitrogens with zero attached hydrogens (tertiary/aromatic N) is 4. The molecule has 0 bridgehead atoms. The lowest BCUT2D eigenvalue weighted by Gasteiger charge is -2.05. The highest BCUT2D eigenvalue weighted by Crippen LogP contribution is 2.30. The smallest absolute Gasteiger partial charge is 0.252 e. The number of pyridine rings is 1. The van der Waals surface area contributed by atoms with E-state index in [2.05, 4.69) is 25.3 Å². The maximum absolute atomic E-state index is 12.5. The Morgan fingerprint density at radius 2 is 2.15 bits per heavy atom. The second-order valence-electron chi connectivity index (χ2n) is 5.45. The lowest BCUT2D eigenvalue weighted by Crippen LogP contribution is -2.25. The molecule has 7 nitrogen and oxygen atoms in total. The van der Waals surface area contributed by atoms with Crippen molar-refractivity contribution in [2.24, 2.45) is 0 Å². The summed E-state index contributed by atoms with van der Waals surface area (Å²) in [6, 6.07) is 5.51. The molecule has 0 radical (unpaired) electrons. The maximum atomic E-state index is 12.5. The number of anilines is 1. The second kappa shape index (κ2) is 7.14. The standard InChI is InChI=1S/C17H14N6OS2/c18-14-13-11(16(24)21-6-4-10-7-19-9-26-10)8-25-17(13)23-15(22-14)12-3-1-2-5-20-12/h1-3,5,7-9H,4,6H2,(H,21,24)(H2,18,22,23). The molecule has 26 heavy (non-hydrogen) atoms. The third kappa shape index (κ3) is 3.26. The lowest BCUT2D eigenvalue weighted by molar-refractivity contribution is 0.0956. The van der Waals surface area contributed by atoms with E-state index >= 15 is 0 Å². The summed E-state index contributed by atoms with van der Waals surface area (Å²) in [6.45, 7) is 0.533. The van der Waals surface area contributed by atoms with E-state index in [-0.39, 0.29) is 11.7 Å². The van der Waals surface area contributed by atoms with Crippen LogP contribution >= 0.6 is 22.7 Å². The predicted octanol–water partition coefficient (Wildman–Crippen LogP) is 2.76. The molecule has 4 rings (SSSR count). The van der Waals surface area contributed by atoms with Gasteiger partial charge in [0.05, 0.1) is 16.5 Å². The van der Waals surface area contributed by atoms with Gasteiger partial charge in [0.2, 0.25) is 0 Å². The molecule has 0 aromatic carbocycles. The van der Waals surface area contributed by atoms with Crippen molar-refractivity contribution in [3.05, 3.63) is 51.9 Å². The Balaban J connectivity index is 1.57. The van der Waals surface area contributed by atoms with E-state index in [1.807, 2.05) is 24.4 Å². The molecule has 4 aromatic rings. The van der Waals surface area contributed by atoms with Crippen LogP contribution in [0.5, 0.6) is 0 Å². The zero-order valence-electron chi connectivity index (χ0n) is 13.5. The van der Waals surface area contributed by atoms with E-state index in [1.165, 1.54) is 11.3 Å². The molecular formula is C17H14N6OS2. The van der Waals surface area contributed by atoms with Crippen molar-refractivity contribution >= 4 is 44.6 Å². The summed E-state index contributed by atoms with van der Waals surface area (Å²) in [4.78, 5) is 31.4. The molecule has 0 aliphatic carbocycles. The molecule has 0 aliphatic heterocycles. The topological polar surface area (TPSA) is 107 Å². The Bertz CT molecular complexity index is 1050. The average Bonchev–Trinajstić information content (AvgIpc) is 3.32. The van der Waals surface area contributed by atoms with E-state index in [9.17, 15) is 4.79 Å². The first-order valence-electron chi connectivity index (χ1n) is 7.84. The Labute approximate surface area is 157 Å². The predicted molar refractivity (Wildman–Crippen MR) is 103 cm³/mol. The number of nitrogen functional groups attached to an aromatic ring is 1. The number of aromatic nitrogens is 4. The van der Waals surface area contributed by atoms with Gasteiger partial charge in [-0.15, -0.1) is 22.7 Å². The quantitative estimate of drug-likeness (QED) is 0.550. The van der Waals surface area contributed by atoms with Gasteiger partial charge in [0.1, 0.15) is 16.3 Å². The summed E-state index contributed by atoms with van der Waals surface area (Å²) in [5.41, 5.74) is 9.05. The van der Waals surface area contributed by atoms with Crippen LogP contribution in [0.4, 0.5) is 5.82 Å². The van der Waals surface area contributed by atoms with Gasteiger partial charge in [-0.05, 0) is 12.1 Å². The van der Waals surface area contributed by atoms with Crippen molar-refractivity contribution < 1.29 is 4.79 Å². The van der Waals surface area contributed by atoms with Gasteiger partial charge in [-0.1, -0.05) is 6.07 Å².